The summed E-state index contributed by atoms with van der Waals surface area (Å²) in [6.07, 6.45) is 4.50. The van der Waals surface area contributed by atoms with Gasteiger partial charge in [-0.3, -0.25) is 9.59 Å². The number of carbonyl (C=O) groups is 2. The van der Waals surface area contributed by atoms with Gasteiger partial charge in [0.15, 0.2) is 6.10 Å². The van der Waals surface area contributed by atoms with E-state index < -0.39 is 12.0 Å². The molecule has 22 heavy (non-hydrogen) atoms. The van der Waals surface area contributed by atoms with Crippen molar-refractivity contribution in [2.45, 2.75) is 50.7 Å². The van der Waals surface area contributed by atoms with E-state index in [1.165, 1.54) is 6.42 Å². The highest BCUT2D eigenvalue weighted by Crippen LogP contribution is 2.19. The first-order valence-electron chi connectivity index (χ1n) is 7.55. The lowest BCUT2D eigenvalue weighted by Crippen LogP contribution is -2.42. The Morgan fingerprint density at radius 1 is 1.23 bits per heavy atom. The minimum atomic E-state index is -0.954. The summed E-state index contributed by atoms with van der Waals surface area (Å²) in [6, 6.07) is 7.26. The molecule has 1 atom stereocenters. The quantitative estimate of drug-likeness (QED) is 0.809. The van der Waals surface area contributed by atoms with Gasteiger partial charge in [0.05, 0.1) is 6.42 Å². The smallest absolute Gasteiger partial charge is 0.259 e. The Morgan fingerprint density at radius 3 is 2.45 bits per heavy atom. The summed E-state index contributed by atoms with van der Waals surface area (Å²) in [5, 5.41) is 2.96. The van der Waals surface area contributed by atoms with Gasteiger partial charge in [0.1, 0.15) is 5.75 Å². The van der Waals surface area contributed by atoms with Gasteiger partial charge in [-0.05, 0) is 37.1 Å². The third kappa shape index (κ3) is 5.33. The lowest BCUT2D eigenvalue weighted by molar-refractivity contribution is -0.131. The van der Waals surface area contributed by atoms with Gasteiger partial charge in [-0.25, -0.2) is 0 Å². The number of hydrogen-bond donors (Lipinski definition) is 2. The molecule has 5 nitrogen and oxygen atoms in total. The Morgan fingerprint density at radius 2 is 1.86 bits per heavy atom. The van der Waals surface area contributed by atoms with Gasteiger partial charge in [-0.1, -0.05) is 35.2 Å². The predicted octanol–water partition coefficient (Wildman–Crippen LogP) is 2.52. The molecule has 3 N–H and O–H groups in total. The van der Waals surface area contributed by atoms with Gasteiger partial charge in [-0.15, -0.1) is 0 Å². The highest BCUT2D eigenvalue weighted by Gasteiger charge is 2.23. The number of nitrogens with two attached hydrogens (primary N) is 1. The molecule has 0 aromatic heterocycles. The van der Waals surface area contributed by atoms with Crippen LogP contribution in [0.3, 0.4) is 0 Å². The van der Waals surface area contributed by atoms with E-state index >= 15 is 0 Å². The molecule has 1 aliphatic rings. The fraction of sp³-hybridized carbons (Fsp3) is 0.500. The number of benzene rings is 1. The second-order valence-corrected chi connectivity index (χ2v) is 6.49. The number of nitrogens with one attached hydrogen (secondary N) is 1. The van der Waals surface area contributed by atoms with Crippen molar-refractivity contribution in [2.75, 3.05) is 0 Å². The molecule has 0 radical (unpaired) electrons. The standard InChI is InChI=1S/C16H21BrN2O3/c17-11-6-8-13(9-7-11)22-14(16(18)21)10-15(20)19-12-4-2-1-3-5-12/h6-9,12,14H,1-5,10H2,(H2,18,21)(H,19,20). The van der Waals surface area contributed by atoms with Crippen molar-refractivity contribution in [3.05, 3.63) is 28.7 Å². The monoisotopic (exact) mass is 368 g/mol. The van der Waals surface area contributed by atoms with Gasteiger partial charge in [0.2, 0.25) is 5.91 Å². The van der Waals surface area contributed by atoms with Crippen LogP contribution in [0.15, 0.2) is 28.7 Å². The number of ether oxygens (including phenoxy) is 1. The average Bonchev–Trinajstić information content (AvgIpc) is 2.49. The van der Waals surface area contributed by atoms with E-state index in [9.17, 15) is 9.59 Å². The van der Waals surface area contributed by atoms with Gasteiger partial charge in [-0.2, -0.15) is 0 Å². The molecule has 6 heteroatoms. The van der Waals surface area contributed by atoms with Crippen LogP contribution in [-0.2, 0) is 9.59 Å². The van der Waals surface area contributed by atoms with Crippen molar-refractivity contribution >= 4 is 27.7 Å². The van der Waals surface area contributed by atoms with Crippen LogP contribution < -0.4 is 15.8 Å². The summed E-state index contributed by atoms with van der Waals surface area (Å²) in [5.74, 6) is -0.313. The Kier molecular flexibility index (Phi) is 6.24. The molecule has 0 aliphatic heterocycles. The molecule has 120 valence electrons. The van der Waals surface area contributed by atoms with Crippen molar-refractivity contribution in [3.63, 3.8) is 0 Å². The summed E-state index contributed by atoms with van der Waals surface area (Å²) < 4.78 is 6.44. The third-order valence-corrected chi connectivity index (χ3v) is 4.28. The Labute approximate surface area is 138 Å². The van der Waals surface area contributed by atoms with Crippen molar-refractivity contribution in [1.82, 2.24) is 5.32 Å². The molecule has 1 aromatic carbocycles. The van der Waals surface area contributed by atoms with E-state index in [0.717, 1.165) is 30.2 Å². The van der Waals surface area contributed by atoms with Crippen LogP contribution in [0.5, 0.6) is 5.75 Å². The molecule has 1 fully saturated rings. The molecule has 1 aromatic rings. The Hall–Kier alpha value is -1.56. The molecule has 0 spiro atoms. The molecule has 0 saturated heterocycles. The molecule has 2 rings (SSSR count). The molecule has 2 amide bonds. The minimum Gasteiger partial charge on any atom is -0.480 e. The predicted molar refractivity (Wildman–Crippen MR) is 87.4 cm³/mol. The second-order valence-electron chi connectivity index (χ2n) is 5.57. The zero-order valence-electron chi connectivity index (χ0n) is 12.4. The summed E-state index contributed by atoms with van der Waals surface area (Å²) in [6.45, 7) is 0. The molecular formula is C16H21BrN2O3. The van der Waals surface area contributed by atoms with E-state index in [2.05, 4.69) is 21.2 Å². The van der Waals surface area contributed by atoms with Gasteiger partial charge < -0.3 is 15.8 Å². The SMILES string of the molecule is NC(=O)C(CC(=O)NC1CCCCC1)Oc1ccc(Br)cc1. The minimum absolute atomic E-state index is 0.0537. The third-order valence-electron chi connectivity index (χ3n) is 3.75. The van der Waals surface area contributed by atoms with Gasteiger partial charge in [0, 0.05) is 10.5 Å². The van der Waals surface area contributed by atoms with Crippen molar-refractivity contribution < 1.29 is 14.3 Å². The van der Waals surface area contributed by atoms with Crippen LogP contribution in [0.4, 0.5) is 0 Å². The van der Waals surface area contributed by atoms with Crippen molar-refractivity contribution in [2.24, 2.45) is 5.73 Å². The number of carbonyl (C=O) groups excluding carboxylic acids is 2. The van der Waals surface area contributed by atoms with Crippen molar-refractivity contribution in [1.29, 1.82) is 0 Å². The lowest BCUT2D eigenvalue weighted by atomic mass is 9.95. The van der Waals surface area contributed by atoms with E-state index in [1.54, 1.807) is 24.3 Å². The summed E-state index contributed by atoms with van der Waals surface area (Å²) in [4.78, 5) is 23.6. The van der Waals surface area contributed by atoms with Crippen LogP contribution in [0.25, 0.3) is 0 Å². The molecular weight excluding hydrogens is 348 g/mol. The zero-order chi connectivity index (χ0) is 15.9. The number of rotatable bonds is 6. The maximum Gasteiger partial charge on any atom is 0.259 e. The van der Waals surface area contributed by atoms with E-state index in [4.69, 9.17) is 10.5 Å². The second kappa shape index (κ2) is 8.17. The summed E-state index contributed by atoms with van der Waals surface area (Å²) in [7, 11) is 0. The van der Waals surface area contributed by atoms with Crippen LogP contribution in [0.1, 0.15) is 38.5 Å². The Bertz CT molecular complexity index is 513. The average molecular weight is 369 g/mol. The number of amides is 2. The topological polar surface area (TPSA) is 81.4 Å². The van der Waals surface area contributed by atoms with E-state index in [-0.39, 0.29) is 18.4 Å². The molecule has 1 saturated carbocycles. The van der Waals surface area contributed by atoms with Crippen molar-refractivity contribution in [3.8, 4) is 5.75 Å². The van der Waals surface area contributed by atoms with Crippen LogP contribution in [0, 0.1) is 0 Å². The van der Waals surface area contributed by atoms with Gasteiger partial charge in [0.25, 0.3) is 5.91 Å². The normalized spacial score (nSPS) is 16.8. The van der Waals surface area contributed by atoms with Crippen LogP contribution in [0.2, 0.25) is 0 Å². The highest BCUT2D eigenvalue weighted by molar-refractivity contribution is 9.10. The fourth-order valence-electron chi connectivity index (χ4n) is 2.58. The first-order chi connectivity index (χ1) is 10.5. The maximum absolute atomic E-state index is 12.1. The molecule has 1 unspecified atom stereocenters. The number of halogens is 1. The number of hydrogen-bond acceptors (Lipinski definition) is 3. The fourth-order valence-corrected chi connectivity index (χ4v) is 2.84. The van der Waals surface area contributed by atoms with Gasteiger partial charge >= 0.3 is 0 Å². The first-order valence-corrected chi connectivity index (χ1v) is 8.35. The maximum atomic E-state index is 12.1. The van der Waals surface area contributed by atoms with Crippen LogP contribution >= 0.6 is 15.9 Å². The van der Waals surface area contributed by atoms with Crippen LogP contribution in [-0.4, -0.2) is 24.0 Å². The first kappa shape index (κ1) is 16.8. The highest BCUT2D eigenvalue weighted by atomic mass is 79.9. The Balaban J connectivity index is 1.88. The summed E-state index contributed by atoms with van der Waals surface area (Å²) >= 11 is 3.32. The molecule has 0 bridgehead atoms. The molecule has 0 heterocycles. The van der Waals surface area contributed by atoms with E-state index in [1.807, 2.05) is 0 Å². The largest absolute Gasteiger partial charge is 0.480 e. The zero-order valence-corrected chi connectivity index (χ0v) is 14.0. The summed E-state index contributed by atoms with van der Waals surface area (Å²) in [5.41, 5.74) is 5.34. The lowest BCUT2D eigenvalue weighted by Gasteiger charge is -2.24. The molecule has 1 aliphatic carbocycles. The number of primary amides is 1. The van der Waals surface area contributed by atoms with E-state index in [0.29, 0.717) is 5.75 Å².